The molecule has 18 aromatic carbocycles. The lowest BCUT2D eigenvalue weighted by Gasteiger charge is -2.28. The van der Waals surface area contributed by atoms with Gasteiger partial charge in [-0.25, -0.2) is 0 Å². The first-order valence-corrected chi connectivity index (χ1v) is 43.9. The van der Waals surface area contributed by atoms with Gasteiger partial charge in [0.2, 0.25) is 0 Å². The maximum Gasteiger partial charge on any atom is 0.0434 e. The molecule has 2 spiro atoms. The van der Waals surface area contributed by atoms with E-state index >= 15 is 0 Å². The predicted molar refractivity (Wildman–Crippen MR) is 495 cm³/mol. The van der Waals surface area contributed by atoms with Crippen LogP contribution in [0.5, 0.6) is 0 Å². The van der Waals surface area contributed by atoms with Gasteiger partial charge in [-0.3, -0.25) is 0 Å². The Kier molecular flexibility index (Phi) is 13.7. The van der Waals surface area contributed by atoms with Gasteiger partial charge in [-0.15, -0.1) is 45.3 Å². The van der Waals surface area contributed by atoms with Gasteiger partial charge in [0, 0.05) is 103 Å². The van der Waals surface area contributed by atoms with E-state index in [1.165, 1.54) is 266 Å². The molecule has 4 heteroatoms. The molecular weight excluding hydrogens is 1450 g/mol. The van der Waals surface area contributed by atoms with Crippen molar-refractivity contribution < 1.29 is 0 Å². The molecule has 0 amide bonds. The van der Waals surface area contributed by atoms with E-state index in [4.69, 9.17) is 0 Å². The highest BCUT2D eigenvalue weighted by atomic mass is 32.1. The van der Waals surface area contributed by atoms with E-state index < -0.39 is 0 Å². The summed E-state index contributed by atoms with van der Waals surface area (Å²) in [5.74, 6) is 0.307. The molecule has 114 heavy (non-hydrogen) atoms. The lowest BCUT2D eigenvalue weighted by molar-refractivity contribution is 0.539. The molecule has 22 aromatic rings. The first-order valence-electron chi connectivity index (χ1n) is 40.6. The third kappa shape index (κ3) is 8.81. The third-order valence-corrected chi connectivity index (χ3v) is 32.3. The van der Waals surface area contributed by atoms with Gasteiger partial charge in [0.05, 0.1) is 0 Å². The van der Waals surface area contributed by atoms with Crippen LogP contribution in [0.25, 0.3) is 213 Å². The molecule has 4 aliphatic carbocycles. The fourth-order valence-electron chi connectivity index (χ4n) is 22.9. The molecular formula is C110H70S4. The number of fused-ring (bicyclic) bond motifs is 26. The summed E-state index contributed by atoms with van der Waals surface area (Å²) in [6, 6.07) is 130. The Labute approximate surface area is 675 Å². The molecule has 0 radical (unpaired) electrons. The Morgan fingerprint density at radius 2 is 0.561 bits per heavy atom. The van der Waals surface area contributed by atoms with Gasteiger partial charge in [-0.2, -0.15) is 0 Å². The van der Waals surface area contributed by atoms with Crippen molar-refractivity contribution in [2.24, 2.45) is 0 Å². The molecule has 0 saturated heterocycles. The van der Waals surface area contributed by atoms with Crippen molar-refractivity contribution in [2.45, 2.75) is 61.7 Å². The summed E-state index contributed by atoms with van der Waals surface area (Å²) in [6.45, 7) is 0. The third-order valence-electron chi connectivity index (χ3n) is 27.5. The highest BCUT2D eigenvalue weighted by Gasteiger charge is 2.50. The van der Waals surface area contributed by atoms with Gasteiger partial charge in [0.1, 0.15) is 0 Å². The van der Waals surface area contributed by atoms with Crippen molar-refractivity contribution in [3.63, 3.8) is 0 Å². The zero-order valence-electron chi connectivity index (χ0n) is 62.4. The van der Waals surface area contributed by atoms with E-state index in [1.807, 2.05) is 45.3 Å². The summed E-state index contributed by atoms with van der Waals surface area (Å²) in [5, 5.41) is 21.0. The first kappa shape index (κ1) is 64.4. The highest BCUT2D eigenvalue weighted by molar-refractivity contribution is 7.27. The number of hydrogen-bond donors (Lipinski definition) is 0. The maximum absolute atomic E-state index is 2.61. The second kappa shape index (κ2) is 24.2. The minimum atomic E-state index is -0.210. The molecule has 0 nitrogen and oxygen atoms in total. The van der Waals surface area contributed by atoms with Gasteiger partial charge in [-0.1, -0.05) is 304 Å². The van der Waals surface area contributed by atoms with Crippen molar-refractivity contribution in [1.29, 1.82) is 0 Å². The minimum absolute atomic E-state index is 0.0340. The van der Waals surface area contributed by atoms with E-state index in [1.54, 1.807) is 0 Å². The Hall–Kier alpha value is -12.1. The molecule has 2 unspecified atom stereocenters. The van der Waals surface area contributed by atoms with Crippen LogP contribution in [0.4, 0.5) is 0 Å². The van der Waals surface area contributed by atoms with Crippen LogP contribution in [0.1, 0.15) is 78.7 Å². The zero-order chi connectivity index (χ0) is 74.2. The normalized spacial score (nSPS) is 16.2. The monoisotopic (exact) mass is 1520 g/mol. The fourth-order valence-corrected chi connectivity index (χ4v) is 27.8. The second-order valence-electron chi connectivity index (χ2n) is 32.8. The van der Waals surface area contributed by atoms with E-state index in [0.717, 1.165) is 19.3 Å². The average Bonchev–Trinajstić information content (AvgIpc) is 1.57. The SMILES string of the molecule is c1ccc2c(c1)-c1c(-c3c4cccc(-c5cccc6c5sc5ccccc56)c4cc4c(-c5cccc6c5sc5ccccc56)cccc34)cccc1C21CCC(c2ccc(-c3cccc4c(-c5cccc6c5-c5ccccc5C65CCCC5)c5cccc(-c6cccc7sc8ccccc8c67)c5cc34)c3c2sc2ccccc23)C1. The summed E-state index contributed by atoms with van der Waals surface area (Å²) in [7, 11) is 0. The van der Waals surface area contributed by atoms with Crippen molar-refractivity contribution in [3.05, 3.63) is 361 Å². The predicted octanol–water partition coefficient (Wildman–Crippen LogP) is 32.8. The van der Waals surface area contributed by atoms with Crippen LogP contribution in [0, 0.1) is 0 Å². The van der Waals surface area contributed by atoms with E-state index in [0.29, 0.717) is 5.92 Å². The van der Waals surface area contributed by atoms with E-state index in [2.05, 4.69) is 334 Å². The Bertz CT molecular complexity index is 7820. The highest BCUT2D eigenvalue weighted by Crippen LogP contribution is 2.65. The summed E-state index contributed by atoms with van der Waals surface area (Å²) in [4.78, 5) is 0. The van der Waals surface area contributed by atoms with Gasteiger partial charge in [0.25, 0.3) is 0 Å². The molecule has 534 valence electrons. The van der Waals surface area contributed by atoms with Gasteiger partial charge < -0.3 is 0 Å². The molecule has 2 fully saturated rings. The summed E-state index contributed by atoms with van der Waals surface area (Å²) in [5.41, 5.74) is 28.5. The fraction of sp³-hybridized carbons (Fsp3) is 0.0909. The second-order valence-corrected chi connectivity index (χ2v) is 37.0. The van der Waals surface area contributed by atoms with Crippen molar-refractivity contribution in [3.8, 4) is 89.0 Å². The summed E-state index contributed by atoms with van der Waals surface area (Å²) >= 11 is 7.77. The van der Waals surface area contributed by atoms with Crippen LogP contribution in [0.2, 0.25) is 0 Å². The standard InChI is InChI=1S/C110H70S4/c1-7-45-91-81(26-1)102-85(43-21-47-93(102)109(91)57-13-14-58-109)100-72-34-15-30-65(71-38-23-53-99-104(71)83-28-5-11-51-97(83)111-99)87(72)60-88-66(31-16-35-73(88)100)76-55-54-64(108-105(76)84-29-6-12-52-98(84)114-108)63-56-59-110(62-63)92-46-8-2-27-82(92)103-86(44-22-48-94(103)110)101-74-36-17-32-67(77-39-19-41-79-69-24-3-9-49-95(69)112-106(77)79)89(74)61-90-68(33-18-37-75(90)101)78-40-20-42-80-70-25-4-10-50-96(70)113-107(78)80/h1-12,15-55,60-61,63H,13-14,56-59,62H2. The quantitative estimate of drug-likeness (QED) is 0.140. The van der Waals surface area contributed by atoms with E-state index in [9.17, 15) is 0 Å². The molecule has 0 bridgehead atoms. The molecule has 2 saturated carbocycles. The van der Waals surface area contributed by atoms with E-state index in [-0.39, 0.29) is 10.8 Å². The molecule has 4 aliphatic rings. The van der Waals surface area contributed by atoms with Crippen LogP contribution >= 0.6 is 45.3 Å². The number of benzene rings is 18. The topological polar surface area (TPSA) is 0 Å². The van der Waals surface area contributed by atoms with Crippen LogP contribution in [0.3, 0.4) is 0 Å². The molecule has 4 heterocycles. The van der Waals surface area contributed by atoms with Crippen molar-refractivity contribution in [2.75, 3.05) is 0 Å². The number of rotatable bonds is 7. The smallest absolute Gasteiger partial charge is 0.0434 e. The van der Waals surface area contributed by atoms with Crippen molar-refractivity contribution in [1.82, 2.24) is 0 Å². The van der Waals surface area contributed by atoms with Crippen LogP contribution in [0.15, 0.2) is 334 Å². The summed E-state index contributed by atoms with van der Waals surface area (Å²) in [6.07, 6.45) is 8.07. The average molecular weight is 1520 g/mol. The zero-order valence-corrected chi connectivity index (χ0v) is 65.7. The van der Waals surface area contributed by atoms with Crippen LogP contribution < -0.4 is 0 Å². The largest absolute Gasteiger partial charge is 0.135 e. The molecule has 0 aliphatic heterocycles. The Balaban J connectivity index is 0.668. The first-order chi connectivity index (χ1) is 56.5. The van der Waals surface area contributed by atoms with Crippen molar-refractivity contribution >= 4 is 169 Å². The molecule has 0 N–H and O–H groups in total. The van der Waals surface area contributed by atoms with Crippen LogP contribution in [-0.2, 0) is 10.8 Å². The molecule has 4 aromatic heterocycles. The minimum Gasteiger partial charge on any atom is -0.135 e. The lowest BCUT2D eigenvalue weighted by atomic mass is 9.75. The molecule has 26 rings (SSSR count). The maximum atomic E-state index is 2.61. The Morgan fingerprint density at radius 3 is 1.11 bits per heavy atom. The molecule has 2 atom stereocenters. The number of thiophene rings is 4. The van der Waals surface area contributed by atoms with Gasteiger partial charge in [0.15, 0.2) is 0 Å². The van der Waals surface area contributed by atoms with Crippen LogP contribution in [-0.4, -0.2) is 0 Å². The van der Waals surface area contributed by atoms with Gasteiger partial charge in [-0.05, 0) is 229 Å². The Morgan fingerprint density at radius 1 is 0.211 bits per heavy atom. The summed E-state index contributed by atoms with van der Waals surface area (Å²) < 4.78 is 10.7. The number of hydrogen-bond acceptors (Lipinski definition) is 4. The van der Waals surface area contributed by atoms with Gasteiger partial charge >= 0.3 is 0 Å². The lowest BCUT2D eigenvalue weighted by Crippen LogP contribution is -2.21.